The van der Waals surface area contributed by atoms with Crippen LogP contribution in [0.4, 0.5) is 0 Å². The minimum absolute atomic E-state index is 0.0671. The van der Waals surface area contributed by atoms with Gasteiger partial charge in [0.1, 0.15) is 29.5 Å². The van der Waals surface area contributed by atoms with Crippen LogP contribution in [0, 0.1) is 5.92 Å². The molecule has 2 aliphatic heterocycles. The van der Waals surface area contributed by atoms with E-state index in [4.69, 9.17) is 14.2 Å². The third-order valence-corrected chi connectivity index (χ3v) is 7.38. The Bertz CT molecular complexity index is 1210. The third kappa shape index (κ3) is 6.05. The van der Waals surface area contributed by atoms with Gasteiger partial charge in [-0.1, -0.05) is 30.4 Å². The van der Waals surface area contributed by atoms with Crippen LogP contribution in [-0.2, 0) is 20.7 Å². The number of hydrogen-bond donors (Lipinski definition) is 2. The predicted octanol–water partition coefficient (Wildman–Crippen LogP) is 5.29. The van der Waals surface area contributed by atoms with Crippen molar-refractivity contribution in [1.82, 2.24) is 0 Å². The first-order valence-corrected chi connectivity index (χ1v) is 12.5. The lowest BCUT2D eigenvalue weighted by atomic mass is 9.84. The van der Waals surface area contributed by atoms with Gasteiger partial charge in [0.05, 0.1) is 18.3 Å². The van der Waals surface area contributed by atoms with Gasteiger partial charge in [0, 0.05) is 24.0 Å². The van der Waals surface area contributed by atoms with E-state index in [9.17, 15) is 19.8 Å². The number of hydrogen-bond acceptors (Lipinski definition) is 7. The number of carbonyl (C=O) groups excluding carboxylic acids is 2. The van der Waals surface area contributed by atoms with Crippen molar-refractivity contribution in [3.8, 4) is 17.2 Å². The fourth-order valence-electron chi connectivity index (χ4n) is 4.98. The van der Waals surface area contributed by atoms with Crippen LogP contribution in [0.5, 0.6) is 17.2 Å². The summed E-state index contributed by atoms with van der Waals surface area (Å²) < 4.78 is 16.4. The SMILES string of the molecule is C=C1C(=O)OC2C1CCC(C)=CCCC1(C)OC21.COc1ccc(CC(=O)c2ccc(O)cc2O)cc1. The fraction of sp³-hybridized carbons (Fsp3) is 0.400. The molecule has 2 N–H and O–H groups in total. The van der Waals surface area contributed by atoms with Crippen LogP contribution in [0.3, 0.4) is 0 Å². The lowest BCUT2D eigenvalue weighted by Crippen LogP contribution is -2.28. The highest BCUT2D eigenvalue weighted by Crippen LogP contribution is 2.49. The van der Waals surface area contributed by atoms with Crippen LogP contribution >= 0.6 is 0 Å². The number of ether oxygens (including phenoxy) is 3. The summed E-state index contributed by atoms with van der Waals surface area (Å²) in [6.07, 6.45) is 6.44. The van der Waals surface area contributed by atoms with E-state index in [1.807, 2.05) is 0 Å². The van der Waals surface area contributed by atoms with Gasteiger partial charge < -0.3 is 24.4 Å². The van der Waals surface area contributed by atoms with E-state index in [-0.39, 0.29) is 59.0 Å². The summed E-state index contributed by atoms with van der Waals surface area (Å²) in [4.78, 5) is 23.7. The van der Waals surface area contributed by atoms with Gasteiger partial charge in [-0.3, -0.25) is 4.79 Å². The number of phenols is 2. The summed E-state index contributed by atoms with van der Waals surface area (Å²) >= 11 is 0. The molecule has 7 heteroatoms. The average molecular weight is 507 g/mol. The number of phenolic OH excluding ortho intramolecular Hbond substituents is 2. The topological polar surface area (TPSA) is 106 Å². The molecule has 0 radical (unpaired) electrons. The third-order valence-electron chi connectivity index (χ3n) is 7.38. The van der Waals surface area contributed by atoms with Crippen molar-refractivity contribution >= 4 is 11.8 Å². The molecule has 1 aliphatic carbocycles. The van der Waals surface area contributed by atoms with Crippen molar-refractivity contribution in [1.29, 1.82) is 0 Å². The number of methoxy groups -OCH3 is 1. The van der Waals surface area contributed by atoms with Crippen LogP contribution in [0.1, 0.15) is 55.5 Å². The molecule has 0 bridgehead atoms. The molecular weight excluding hydrogens is 472 g/mol. The second kappa shape index (κ2) is 10.8. The minimum atomic E-state index is -0.233. The number of ketones is 1. The van der Waals surface area contributed by atoms with Gasteiger partial charge in [-0.2, -0.15) is 0 Å². The lowest BCUT2D eigenvalue weighted by Gasteiger charge is -2.19. The Balaban J connectivity index is 0.000000173. The van der Waals surface area contributed by atoms with E-state index in [0.29, 0.717) is 5.57 Å². The summed E-state index contributed by atoms with van der Waals surface area (Å²) in [6.45, 7) is 8.17. The maximum absolute atomic E-state index is 12.0. The van der Waals surface area contributed by atoms with Crippen molar-refractivity contribution in [3.05, 3.63) is 77.4 Å². The summed E-state index contributed by atoms with van der Waals surface area (Å²) in [7, 11) is 1.58. The van der Waals surface area contributed by atoms with Crippen LogP contribution in [0.15, 0.2) is 66.3 Å². The first kappa shape index (κ1) is 26.5. The van der Waals surface area contributed by atoms with E-state index >= 15 is 0 Å². The predicted molar refractivity (Wildman–Crippen MR) is 139 cm³/mol. The van der Waals surface area contributed by atoms with Crippen molar-refractivity contribution in [2.75, 3.05) is 7.11 Å². The van der Waals surface area contributed by atoms with Gasteiger partial charge in [0.2, 0.25) is 0 Å². The number of fused-ring (bicyclic) bond motifs is 3. The molecule has 2 heterocycles. The van der Waals surface area contributed by atoms with Gasteiger partial charge >= 0.3 is 5.97 Å². The minimum Gasteiger partial charge on any atom is -0.508 e. The molecule has 2 saturated heterocycles. The zero-order valence-corrected chi connectivity index (χ0v) is 21.5. The zero-order chi connectivity index (χ0) is 26.7. The van der Waals surface area contributed by atoms with E-state index in [0.717, 1.165) is 43.1 Å². The highest BCUT2D eigenvalue weighted by molar-refractivity contribution is 6.00. The summed E-state index contributed by atoms with van der Waals surface area (Å²) in [5.74, 6) is 0.137. The molecule has 196 valence electrons. The Kier molecular flexibility index (Phi) is 7.73. The van der Waals surface area contributed by atoms with E-state index in [1.54, 1.807) is 31.4 Å². The smallest absolute Gasteiger partial charge is 0.334 e. The normalized spacial score (nSPS) is 26.5. The Labute approximate surface area is 217 Å². The van der Waals surface area contributed by atoms with Crippen molar-refractivity contribution < 1.29 is 34.0 Å². The van der Waals surface area contributed by atoms with Crippen LogP contribution < -0.4 is 4.74 Å². The van der Waals surface area contributed by atoms with Gasteiger partial charge in [-0.15, -0.1) is 0 Å². The summed E-state index contributed by atoms with van der Waals surface area (Å²) in [5.41, 5.74) is 2.95. The monoisotopic (exact) mass is 506 g/mol. The van der Waals surface area contributed by atoms with Crippen molar-refractivity contribution in [2.45, 2.75) is 63.8 Å². The van der Waals surface area contributed by atoms with Gasteiger partial charge in [0.25, 0.3) is 0 Å². The Hall–Kier alpha value is -3.58. The second-order valence-corrected chi connectivity index (χ2v) is 10.1. The molecule has 37 heavy (non-hydrogen) atoms. The highest BCUT2D eigenvalue weighted by atomic mass is 16.6. The maximum atomic E-state index is 12.0. The van der Waals surface area contributed by atoms with Crippen molar-refractivity contribution in [2.24, 2.45) is 5.92 Å². The maximum Gasteiger partial charge on any atom is 0.334 e. The molecule has 2 fully saturated rings. The molecule has 4 atom stereocenters. The summed E-state index contributed by atoms with van der Waals surface area (Å²) in [5, 5.41) is 18.8. The average Bonchev–Trinajstić information content (AvgIpc) is 3.45. The number of epoxide rings is 1. The first-order chi connectivity index (χ1) is 17.6. The number of rotatable bonds is 4. The number of Topliss-reactive ketones (excluding diaryl/α,β-unsaturated/α-hetero) is 1. The van der Waals surface area contributed by atoms with Crippen molar-refractivity contribution in [3.63, 3.8) is 0 Å². The second-order valence-electron chi connectivity index (χ2n) is 10.1. The molecule has 2 aromatic carbocycles. The van der Waals surface area contributed by atoms with Crippen LogP contribution in [0.2, 0.25) is 0 Å². The fourth-order valence-corrected chi connectivity index (χ4v) is 4.98. The van der Waals surface area contributed by atoms with E-state index in [1.165, 1.54) is 17.7 Å². The number of carbonyl (C=O) groups is 2. The highest BCUT2D eigenvalue weighted by Gasteiger charge is 2.61. The molecule has 0 aromatic heterocycles. The van der Waals surface area contributed by atoms with Gasteiger partial charge in [-0.25, -0.2) is 4.79 Å². The Morgan fingerprint density at radius 1 is 1.19 bits per heavy atom. The molecule has 0 spiro atoms. The van der Waals surface area contributed by atoms with E-state index in [2.05, 4.69) is 26.5 Å². The largest absolute Gasteiger partial charge is 0.508 e. The zero-order valence-electron chi connectivity index (χ0n) is 21.5. The van der Waals surface area contributed by atoms with Crippen LogP contribution in [0.25, 0.3) is 0 Å². The van der Waals surface area contributed by atoms with Gasteiger partial charge in [0.15, 0.2) is 5.78 Å². The molecule has 2 aromatic rings. The number of benzene rings is 2. The Morgan fingerprint density at radius 2 is 1.92 bits per heavy atom. The Morgan fingerprint density at radius 3 is 2.59 bits per heavy atom. The molecule has 5 rings (SSSR count). The quantitative estimate of drug-likeness (QED) is 0.191. The molecule has 7 nitrogen and oxygen atoms in total. The van der Waals surface area contributed by atoms with Crippen LogP contribution in [-0.4, -0.2) is 46.9 Å². The number of allylic oxidation sites excluding steroid dienone is 2. The molecular formula is C30H34O7. The molecule has 4 unspecified atom stereocenters. The molecule has 0 amide bonds. The first-order valence-electron chi connectivity index (χ1n) is 12.5. The lowest BCUT2D eigenvalue weighted by molar-refractivity contribution is -0.140. The number of esters is 1. The molecule has 3 aliphatic rings. The summed E-state index contributed by atoms with van der Waals surface area (Å²) in [6, 6.07) is 11.1. The van der Waals surface area contributed by atoms with E-state index < -0.39 is 0 Å². The number of aromatic hydroxyl groups is 2. The molecule has 0 saturated carbocycles. The van der Waals surface area contributed by atoms with Gasteiger partial charge in [-0.05, 0) is 69.4 Å². The standard InChI is InChI=1S/C15H14O4.C15H20O3/c1-19-12-5-2-10(3-6-12)8-14(17)13-7-4-11(16)9-15(13)18;1-9-5-4-8-15(3)13(18-15)12-11(7-6-9)10(2)14(16)17-12/h2-7,9,16,18H,8H2,1H3;5,11-13H,2,4,6-8H2,1,3H3.